The van der Waals surface area contributed by atoms with Crippen LogP contribution in [0.25, 0.3) is 0 Å². The molecule has 2 rings (SSSR count). The maximum absolute atomic E-state index is 3.72. The minimum atomic E-state index is 0.765. The molecule has 0 atom stereocenters. The van der Waals surface area contributed by atoms with E-state index in [9.17, 15) is 0 Å². The molecule has 2 aliphatic carbocycles. The first-order valence-electron chi connectivity index (χ1n) is 5.19. The molecule has 0 saturated heterocycles. The maximum Gasteiger partial charge on any atom is 0.00106 e. The first-order valence-corrected chi connectivity index (χ1v) is 5.19. The summed E-state index contributed by atoms with van der Waals surface area (Å²) in [5, 5.41) is 3.54. The Labute approximate surface area is 75.2 Å². The summed E-state index contributed by atoms with van der Waals surface area (Å²) in [7, 11) is 0. The second-order valence-corrected chi connectivity index (χ2v) is 4.39. The summed E-state index contributed by atoms with van der Waals surface area (Å²) in [4.78, 5) is 0. The van der Waals surface area contributed by atoms with E-state index in [4.69, 9.17) is 0 Å². The zero-order valence-corrected chi connectivity index (χ0v) is 7.81. The molecule has 1 heteroatoms. The van der Waals surface area contributed by atoms with Crippen LogP contribution in [0.3, 0.4) is 0 Å². The van der Waals surface area contributed by atoms with Crippen LogP contribution < -0.4 is 5.32 Å². The summed E-state index contributed by atoms with van der Waals surface area (Å²) >= 11 is 0. The molecule has 2 fully saturated rings. The van der Waals surface area contributed by atoms with Crippen molar-refractivity contribution in [1.29, 1.82) is 0 Å². The molecule has 0 aliphatic heterocycles. The van der Waals surface area contributed by atoms with Gasteiger partial charge in [-0.05, 0) is 50.0 Å². The van der Waals surface area contributed by atoms with Gasteiger partial charge in [-0.15, -0.1) is 6.58 Å². The van der Waals surface area contributed by atoms with Crippen molar-refractivity contribution in [3.05, 3.63) is 12.7 Å². The molecular weight excluding hydrogens is 146 g/mol. The number of rotatable bonds is 6. The van der Waals surface area contributed by atoms with E-state index >= 15 is 0 Å². The summed E-state index contributed by atoms with van der Waals surface area (Å²) in [5.74, 6) is 1.09. The van der Waals surface area contributed by atoms with Crippen molar-refractivity contribution in [3.8, 4) is 0 Å². The molecule has 0 aromatic rings. The van der Waals surface area contributed by atoms with E-state index in [0.29, 0.717) is 0 Å². The molecule has 0 bridgehead atoms. The quantitative estimate of drug-likeness (QED) is 0.470. The third kappa shape index (κ3) is 1.71. The molecule has 0 spiro atoms. The normalized spacial score (nSPS) is 25.3. The van der Waals surface area contributed by atoms with Gasteiger partial charge in [0.05, 0.1) is 0 Å². The van der Waals surface area contributed by atoms with Crippen molar-refractivity contribution in [2.24, 2.45) is 11.3 Å². The summed E-state index contributed by atoms with van der Waals surface area (Å²) in [6.45, 7) is 6.11. The fourth-order valence-electron chi connectivity index (χ4n) is 2.13. The van der Waals surface area contributed by atoms with Crippen LogP contribution in [0.5, 0.6) is 0 Å². The summed E-state index contributed by atoms with van der Waals surface area (Å²) in [5.41, 5.74) is 0.765. The molecule has 2 saturated carbocycles. The second-order valence-electron chi connectivity index (χ2n) is 4.39. The molecule has 0 aromatic heterocycles. The Bertz CT molecular complexity index is 166. The minimum absolute atomic E-state index is 0.765. The second kappa shape index (κ2) is 3.21. The minimum Gasteiger partial charge on any atom is -0.316 e. The molecule has 0 aromatic carbocycles. The van der Waals surface area contributed by atoms with Crippen LogP contribution in [0.15, 0.2) is 12.7 Å². The zero-order chi connectivity index (χ0) is 8.44. The highest BCUT2D eigenvalue weighted by Crippen LogP contribution is 2.60. The molecule has 12 heavy (non-hydrogen) atoms. The topological polar surface area (TPSA) is 12.0 Å². The average molecular weight is 165 g/mol. The van der Waals surface area contributed by atoms with E-state index in [1.165, 1.54) is 32.2 Å². The van der Waals surface area contributed by atoms with Crippen LogP contribution in [-0.2, 0) is 0 Å². The van der Waals surface area contributed by atoms with Crippen LogP contribution in [0, 0.1) is 11.3 Å². The fourth-order valence-corrected chi connectivity index (χ4v) is 2.13. The van der Waals surface area contributed by atoms with Gasteiger partial charge < -0.3 is 5.32 Å². The largest absolute Gasteiger partial charge is 0.316 e. The lowest BCUT2D eigenvalue weighted by atomic mass is 10.0. The molecule has 0 unspecified atom stereocenters. The van der Waals surface area contributed by atoms with E-state index in [2.05, 4.69) is 11.9 Å². The van der Waals surface area contributed by atoms with Gasteiger partial charge in [-0.1, -0.05) is 6.08 Å². The molecule has 0 amide bonds. The Morgan fingerprint density at radius 1 is 1.42 bits per heavy atom. The SMILES string of the molecule is C=CCCNCC1(C2CC2)CC1. The highest BCUT2D eigenvalue weighted by atomic mass is 14.9. The lowest BCUT2D eigenvalue weighted by molar-refractivity contribution is 0.406. The molecular formula is C11H19N. The summed E-state index contributed by atoms with van der Waals surface area (Å²) < 4.78 is 0. The standard InChI is InChI=1S/C11H19N/c1-2-3-8-12-9-11(6-7-11)10-4-5-10/h2,10,12H,1,3-9H2. The van der Waals surface area contributed by atoms with E-state index in [1.807, 2.05) is 6.08 Å². The van der Waals surface area contributed by atoms with Gasteiger partial charge in [0.1, 0.15) is 0 Å². The summed E-state index contributed by atoms with van der Waals surface area (Å²) in [6, 6.07) is 0. The molecule has 1 N–H and O–H groups in total. The zero-order valence-electron chi connectivity index (χ0n) is 7.81. The predicted molar refractivity (Wildman–Crippen MR) is 52.1 cm³/mol. The van der Waals surface area contributed by atoms with Crippen molar-refractivity contribution in [2.75, 3.05) is 13.1 Å². The summed E-state index contributed by atoms with van der Waals surface area (Å²) in [6.07, 6.45) is 9.08. The molecule has 68 valence electrons. The fraction of sp³-hybridized carbons (Fsp3) is 0.818. The van der Waals surface area contributed by atoms with E-state index in [1.54, 1.807) is 0 Å². The monoisotopic (exact) mass is 165 g/mol. The van der Waals surface area contributed by atoms with Gasteiger partial charge in [-0.25, -0.2) is 0 Å². The van der Waals surface area contributed by atoms with Crippen molar-refractivity contribution in [3.63, 3.8) is 0 Å². The molecule has 0 heterocycles. The third-order valence-corrected chi connectivity index (χ3v) is 3.34. The van der Waals surface area contributed by atoms with E-state index < -0.39 is 0 Å². The van der Waals surface area contributed by atoms with Crippen LogP contribution in [-0.4, -0.2) is 13.1 Å². The van der Waals surface area contributed by atoms with Gasteiger partial charge in [-0.3, -0.25) is 0 Å². The maximum atomic E-state index is 3.72. The van der Waals surface area contributed by atoms with Gasteiger partial charge in [0.15, 0.2) is 0 Å². The van der Waals surface area contributed by atoms with E-state index in [-0.39, 0.29) is 0 Å². The number of hydrogen-bond acceptors (Lipinski definition) is 1. The van der Waals surface area contributed by atoms with Crippen molar-refractivity contribution >= 4 is 0 Å². The average Bonchev–Trinajstić information content (AvgIpc) is 2.86. The Balaban J connectivity index is 1.62. The molecule has 1 nitrogen and oxygen atoms in total. The van der Waals surface area contributed by atoms with Crippen molar-refractivity contribution < 1.29 is 0 Å². The van der Waals surface area contributed by atoms with Gasteiger partial charge in [0, 0.05) is 6.54 Å². The van der Waals surface area contributed by atoms with Crippen molar-refractivity contribution in [1.82, 2.24) is 5.32 Å². The predicted octanol–water partition coefficient (Wildman–Crippen LogP) is 2.34. The van der Waals surface area contributed by atoms with Crippen molar-refractivity contribution in [2.45, 2.75) is 32.1 Å². The Morgan fingerprint density at radius 2 is 2.17 bits per heavy atom. The van der Waals surface area contributed by atoms with Gasteiger partial charge >= 0.3 is 0 Å². The van der Waals surface area contributed by atoms with Crippen LogP contribution in [0.2, 0.25) is 0 Å². The van der Waals surface area contributed by atoms with Gasteiger partial charge in [0.25, 0.3) is 0 Å². The Hall–Kier alpha value is -0.300. The first kappa shape index (κ1) is 8.31. The lowest BCUT2D eigenvalue weighted by Crippen LogP contribution is -2.25. The number of hydrogen-bond donors (Lipinski definition) is 1. The van der Waals surface area contributed by atoms with Crippen LogP contribution in [0.1, 0.15) is 32.1 Å². The Morgan fingerprint density at radius 3 is 2.67 bits per heavy atom. The highest BCUT2D eigenvalue weighted by Gasteiger charge is 2.52. The lowest BCUT2D eigenvalue weighted by Gasteiger charge is -2.14. The van der Waals surface area contributed by atoms with Gasteiger partial charge in [0.2, 0.25) is 0 Å². The van der Waals surface area contributed by atoms with Gasteiger partial charge in [-0.2, -0.15) is 0 Å². The first-order chi connectivity index (χ1) is 5.87. The van der Waals surface area contributed by atoms with E-state index in [0.717, 1.165) is 24.3 Å². The smallest absolute Gasteiger partial charge is 0.00106 e. The molecule has 2 aliphatic rings. The Kier molecular flexibility index (Phi) is 2.22. The number of nitrogens with one attached hydrogen (secondary N) is 1. The van der Waals surface area contributed by atoms with Crippen LogP contribution >= 0.6 is 0 Å². The molecule has 0 radical (unpaired) electrons. The third-order valence-electron chi connectivity index (χ3n) is 3.34. The highest BCUT2D eigenvalue weighted by molar-refractivity contribution is 5.04. The van der Waals surface area contributed by atoms with Crippen LogP contribution in [0.4, 0.5) is 0 Å².